The van der Waals surface area contributed by atoms with E-state index in [0.29, 0.717) is 5.75 Å². The van der Waals surface area contributed by atoms with Gasteiger partial charge in [-0.1, -0.05) is 13.8 Å². The average molecular weight is 300 g/mol. The maximum absolute atomic E-state index is 12.2. The minimum Gasteiger partial charge on any atom is -0.496 e. The summed E-state index contributed by atoms with van der Waals surface area (Å²) in [4.78, 5) is 12.1. The molecular formula is C13H20N2O4S. The summed E-state index contributed by atoms with van der Waals surface area (Å²) in [6.45, 7) is 5.82. The Hall–Kier alpha value is -1.60. The Morgan fingerprint density at radius 1 is 1.30 bits per heavy atom. The summed E-state index contributed by atoms with van der Waals surface area (Å²) in [6.07, 6.45) is 0. The lowest BCUT2D eigenvalue weighted by atomic mass is 10.1. The zero-order chi connectivity index (χ0) is 15.5. The SMILES string of the molecule is COc1ccc(S(N)(=O)=O)cc1C(=O)NC(C)C(C)C. The molecule has 0 spiro atoms. The smallest absolute Gasteiger partial charge is 0.255 e. The number of carbonyl (C=O) groups excluding carboxylic acids is 1. The summed E-state index contributed by atoms with van der Waals surface area (Å²) in [5, 5.41) is 7.86. The van der Waals surface area contributed by atoms with Crippen LogP contribution in [0.1, 0.15) is 31.1 Å². The number of amides is 1. The maximum Gasteiger partial charge on any atom is 0.255 e. The summed E-state index contributed by atoms with van der Waals surface area (Å²) in [5.74, 6) is 0.158. The van der Waals surface area contributed by atoms with Crippen LogP contribution in [0.4, 0.5) is 0 Å². The van der Waals surface area contributed by atoms with E-state index in [1.807, 2.05) is 20.8 Å². The van der Waals surface area contributed by atoms with E-state index in [4.69, 9.17) is 9.88 Å². The first kappa shape index (κ1) is 16.5. The van der Waals surface area contributed by atoms with Crippen molar-refractivity contribution in [2.75, 3.05) is 7.11 Å². The van der Waals surface area contributed by atoms with Crippen LogP contribution >= 0.6 is 0 Å². The van der Waals surface area contributed by atoms with Crippen molar-refractivity contribution in [2.24, 2.45) is 11.1 Å². The minimum absolute atomic E-state index is 0.0506. The molecule has 0 aliphatic heterocycles. The van der Waals surface area contributed by atoms with Gasteiger partial charge in [-0.2, -0.15) is 0 Å². The quantitative estimate of drug-likeness (QED) is 0.851. The average Bonchev–Trinajstić information content (AvgIpc) is 2.36. The number of carbonyl (C=O) groups is 1. The standard InChI is InChI=1S/C13H20N2O4S/c1-8(2)9(3)15-13(16)11-7-10(20(14,17)18)5-6-12(11)19-4/h5-9H,1-4H3,(H,15,16)(H2,14,17,18). The molecule has 0 heterocycles. The molecule has 1 amide bonds. The molecule has 1 atom stereocenters. The molecule has 0 aliphatic rings. The molecule has 0 radical (unpaired) electrons. The number of hydrogen-bond acceptors (Lipinski definition) is 4. The Labute approximate surface area is 119 Å². The molecule has 0 saturated carbocycles. The molecule has 112 valence electrons. The Kier molecular flexibility index (Phi) is 5.13. The Morgan fingerprint density at radius 3 is 2.35 bits per heavy atom. The van der Waals surface area contributed by atoms with Crippen LogP contribution in [-0.4, -0.2) is 27.5 Å². The van der Waals surface area contributed by atoms with E-state index >= 15 is 0 Å². The minimum atomic E-state index is -3.86. The second kappa shape index (κ2) is 6.23. The number of nitrogens with two attached hydrogens (primary N) is 1. The highest BCUT2D eigenvalue weighted by molar-refractivity contribution is 7.89. The van der Waals surface area contributed by atoms with E-state index in [-0.39, 0.29) is 22.4 Å². The molecule has 6 nitrogen and oxygen atoms in total. The van der Waals surface area contributed by atoms with Gasteiger partial charge in [0.25, 0.3) is 5.91 Å². The van der Waals surface area contributed by atoms with Crippen molar-refractivity contribution >= 4 is 15.9 Å². The van der Waals surface area contributed by atoms with Gasteiger partial charge in [0.1, 0.15) is 5.75 Å². The second-order valence-electron chi connectivity index (χ2n) is 4.91. The van der Waals surface area contributed by atoms with Gasteiger partial charge in [0.15, 0.2) is 0 Å². The molecular weight excluding hydrogens is 280 g/mol. The zero-order valence-electron chi connectivity index (χ0n) is 12.0. The van der Waals surface area contributed by atoms with E-state index in [9.17, 15) is 13.2 Å². The highest BCUT2D eigenvalue weighted by atomic mass is 32.2. The largest absolute Gasteiger partial charge is 0.496 e. The second-order valence-corrected chi connectivity index (χ2v) is 6.47. The molecule has 0 fully saturated rings. The van der Waals surface area contributed by atoms with Crippen LogP contribution in [0.15, 0.2) is 23.1 Å². The van der Waals surface area contributed by atoms with E-state index in [1.54, 1.807) is 0 Å². The molecule has 1 aromatic rings. The highest BCUT2D eigenvalue weighted by Gasteiger charge is 2.19. The number of methoxy groups -OCH3 is 1. The van der Waals surface area contributed by atoms with Crippen molar-refractivity contribution in [1.82, 2.24) is 5.32 Å². The monoisotopic (exact) mass is 300 g/mol. The molecule has 20 heavy (non-hydrogen) atoms. The van der Waals surface area contributed by atoms with Crippen molar-refractivity contribution in [3.8, 4) is 5.75 Å². The molecule has 0 saturated heterocycles. The van der Waals surface area contributed by atoms with Crippen LogP contribution in [0.3, 0.4) is 0 Å². The first-order valence-corrected chi connectivity index (χ1v) is 7.73. The van der Waals surface area contributed by atoms with Gasteiger partial charge in [-0.25, -0.2) is 13.6 Å². The number of sulfonamides is 1. The number of rotatable bonds is 5. The zero-order valence-corrected chi connectivity index (χ0v) is 12.8. The van der Waals surface area contributed by atoms with Gasteiger partial charge in [-0.3, -0.25) is 4.79 Å². The fraction of sp³-hybridized carbons (Fsp3) is 0.462. The van der Waals surface area contributed by atoms with Gasteiger partial charge in [-0.05, 0) is 31.0 Å². The number of primary sulfonamides is 1. The van der Waals surface area contributed by atoms with Crippen molar-refractivity contribution in [3.63, 3.8) is 0 Å². The highest BCUT2D eigenvalue weighted by Crippen LogP contribution is 2.22. The molecule has 0 aliphatic carbocycles. The first-order valence-electron chi connectivity index (χ1n) is 6.18. The predicted octanol–water partition coefficient (Wildman–Crippen LogP) is 1.12. The summed E-state index contributed by atoms with van der Waals surface area (Å²) in [6, 6.07) is 3.88. The van der Waals surface area contributed by atoms with Crippen LogP contribution in [0, 0.1) is 5.92 Å². The van der Waals surface area contributed by atoms with Crippen molar-refractivity contribution < 1.29 is 17.9 Å². The fourth-order valence-corrected chi connectivity index (χ4v) is 2.03. The number of nitrogens with one attached hydrogen (secondary N) is 1. The first-order chi connectivity index (χ1) is 9.16. The van der Waals surface area contributed by atoms with Gasteiger partial charge in [0, 0.05) is 6.04 Å². The Balaban J connectivity index is 3.18. The summed E-state index contributed by atoms with van der Waals surface area (Å²) < 4.78 is 27.8. The van der Waals surface area contributed by atoms with Crippen LogP contribution in [-0.2, 0) is 10.0 Å². The molecule has 3 N–H and O–H groups in total. The number of ether oxygens (including phenoxy) is 1. The normalized spacial score (nSPS) is 13.1. The summed E-state index contributed by atoms with van der Waals surface area (Å²) in [7, 11) is -2.45. The van der Waals surface area contributed by atoms with E-state index < -0.39 is 15.9 Å². The molecule has 1 aromatic carbocycles. The molecule has 0 aromatic heterocycles. The molecule has 7 heteroatoms. The van der Waals surface area contributed by atoms with Crippen LogP contribution in [0.2, 0.25) is 0 Å². The van der Waals surface area contributed by atoms with Crippen LogP contribution < -0.4 is 15.2 Å². The number of hydrogen-bond donors (Lipinski definition) is 2. The third kappa shape index (κ3) is 3.94. The van der Waals surface area contributed by atoms with Crippen LogP contribution in [0.25, 0.3) is 0 Å². The molecule has 0 bridgehead atoms. The van der Waals surface area contributed by atoms with Gasteiger partial charge < -0.3 is 10.1 Å². The van der Waals surface area contributed by atoms with Gasteiger partial charge in [0.05, 0.1) is 17.6 Å². The van der Waals surface area contributed by atoms with Crippen molar-refractivity contribution in [1.29, 1.82) is 0 Å². The van der Waals surface area contributed by atoms with E-state index in [0.717, 1.165) is 0 Å². The lowest BCUT2D eigenvalue weighted by Gasteiger charge is -2.18. The van der Waals surface area contributed by atoms with Gasteiger partial charge >= 0.3 is 0 Å². The topological polar surface area (TPSA) is 98.5 Å². The van der Waals surface area contributed by atoms with Crippen molar-refractivity contribution in [3.05, 3.63) is 23.8 Å². The number of benzene rings is 1. The third-order valence-electron chi connectivity index (χ3n) is 3.10. The van der Waals surface area contributed by atoms with E-state index in [2.05, 4.69) is 5.32 Å². The third-order valence-corrected chi connectivity index (χ3v) is 4.01. The summed E-state index contributed by atoms with van der Waals surface area (Å²) in [5.41, 5.74) is 0.145. The Morgan fingerprint density at radius 2 is 1.90 bits per heavy atom. The lowest BCUT2D eigenvalue weighted by Crippen LogP contribution is -2.36. The molecule has 1 rings (SSSR count). The fourth-order valence-electron chi connectivity index (χ4n) is 1.49. The predicted molar refractivity (Wildman–Crippen MR) is 76.1 cm³/mol. The molecule has 1 unspecified atom stereocenters. The Bertz CT molecular complexity index is 596. The van der Waals surface area contributed by atoms with Gasteiger partial charge in [-0.15, -0.1) is 0 Å². The summed E-state index contributed by atoms with van der Waals surface area (Å²) >= 11 is 0. The lowest BCUT2D eigenvalue weighted by molar-refractivity contribution is 0.0927. The van der Waals surface area contributed by atoms with Crippen LogP contribution in [0.5, 0.6) is 5.75 Å². The van der Waals surface area contributed by atoms with Gasteiger partial charge in [0.2, 0.25) is 10.0 Å². The maximum atomic E-state index is 12.2. The van der Waals surface area contributed by atoms with Crippen molar-refractivity contribution in [2.45, 2.75) is 31.7 Å². The van der Waals surface area contributed by atoms with E-state index in [1.165, 1.54) is 25.3 Å².